The van der Waals surface area contributed by atoms with Gasteiger partial charge in [0.15, 0.2) is 5.69 Å². The van der Waals surface area contributed by atoms with Crippen LogP contribution in [0.5, 0.6) is 0 Å². The van der Waals surface area contributed by atoms with E-state index in [4.69, 9.17) is 23.2 Å². The van der Waals surface area contributed by atoms with Crippen molar-refractivity contribution >= 4 is 29.1 Å². The van der Waals surface area contributed by atoms with Crippen molar-refractivity contribution in [2.24, 2.45) is 0 Å². The Morgan fingerprint density at radius 3 is 2.85 bits per heavy atom. The van der Waals surface area contributed by atoms with E-state index in [0.29, 0.717) is 28.3 Å². The maximum absolute atomic E-state index is 12.4. The number of rotatable bonds is 6. The van der Waals surface area contributed by atoms with Gasteiger partial charge < -0.3 is 10.6 Å². The fourth-order valence-corrected chi connectivity index (χ4v) is 3.74. The molecule has 0 aliphatic carbocycles. The number of hydrogen-bond acceptors (Lipinski definition) is 4. The summed E-state index contributed by atoms with van der Waals surface area (Å²) >= 11 is 12.1. The smallest absolute Gasteiger partial charge is 0.273 e. The average Bonchev–Trinajstić information content (AvgIpc) is 3.02. The first-order valence-corrected chi connectivity index (χ1v) is 9.66. The van der Waals surface area contributed by atoms with Gasteiger partial charge in [0, 0.05) is 16.6 Å². The molecule has 1 aromatic heterocycles. The largest absolute Gasteiger partial charge is 0.351 e. The second-order valence-electron chi connectivity index (χ2n) is 6.54. The highest BCUT2D eigenvalue weighted by molar-refractivity contribution is 6.35. The lowest BCUT2D eigenvalue weighted by atomic mass is 10.1. The molecular weight excluding hydrogens is 373 g/mol. The first-order valence-electron chi connectivity index (χ1n) is 8.91. The lowest BCUT2D eigenvalue weighted by molar-refractivity contribution is 0.0947. The van der Waals surface area contributed by atoms with E-state index in [9.17, 15) is 4.79 Å². The zero-order chi connectivity index (χ0) is 18.5. The molecule has 2 N–H and O–H groups in total. The van der Waals surface area contributed by atoms with E-state index in [1.54, 1.807) is 6.07 Å². The summed E-state index contributed by atoms with van der Waals surface area (Å²) in [4.78, 5) is 12.4. The minimum atomic E-state index is -0.176. The Morgan fingerprint density at radius 1 is 1.35 bits per heavy atom. The van der Waals surface area contributed by atoms with Gasteiger partial charge >= 0.3 is 0 Å². The molecule has 26 heavy (non-hydrogen) atoms. The van der Waals surface area contributed by atoms with E-state index in [-0.39, 0.29) is 5.91 Å². The quantitative estimate of drug-likeness (QED) is 0.736. The maximum atomic E-state index is 12.4. The zero-order valence-electron chi connectivity index (χ0n) is 14.8. The second kappa shape index (κ2) is 8.84. The lowest BCUT2D eigenvalue weighted by Crippen LogP contribution is -2.30. The number of aromatic nitrogens is 3. The topological polar surface area (TPSA) is 71.8 Å². The minimum absolute atomic E-state index is 0.176. The summed E-state index contributed by atoms with van der Waals surface area (Å²) in [7, 11) is 0. The molecule has 0 radical (unpaired) electrons. The van der Waals surface area contributed by atoms with Crippen molar-refractivity contribution in [2.75, 3.05) is 19.6 Å². The van der Waals surface area contributed by atoms with Gasteiger partial charge in [-0.25, -0.2) is 4.68 Å². The number of hydrogen-bond donors (Lipinski definition) is 2. The number of nitrogens with one attached hydrogen (secondary N) is 2. The highest BCUT2D eigenvalue weighted by Gasteiger charge is 2.22. The molecule has 1 fully saturated rings. The summed E-state index contributed by atoms with van der Waals surface area (Å²) < 4.78 is 1.89. The van der Waals surface area contributed by atoms with Crippen LogP contribution >= 0.6 is 23.2 Å². The Morgan fingerprint density at radius 2 is 2.12 bits per heavy atom. The van der Waals surface area contributed by atoms with E-state index >= 15 is 0 Å². The van der Waals surface area contributed by atoms with Crippen molar-refractivity contribution in [3.8, 4) is 0 Å². The number of carbonyl (C=O) groups excluding carboxylic acids is 1. The monoisotopic (exact) mass is 395 g/mol. The van der Waals surface area contributed by atoms with Crippen LogP contribution in [-0.2, 0) is 6.42 Å². The molecule has 2 heterocycles. The first kappa shape index (κ1) is 19.1. The molecule has 8 heteroatoms. The van der Waals surface area contributed by atoms with Crippen LogP contribution in [0.15, 0.2) is 18.2 Å². The molecule has 0 unspecified atom stereocenters. The van der Waals surface area contributed by atoms with Crippen molar-refractivity contribution in [2.45, 2.75) is 38.6 Å². The third-order valence-corrected chi connectivity index (χ3v) is 5.31. The predicted molar refractivity (Wildman–Crippen MR) is 103 cm³/mol. The highest BCUT2D eigenvalue weighted by atomic mass is 35.5. The third-order valence-electron chi connectivity index (χ3n) is 4.72. The lowest BCUT2D eigenvalue weighted by Gasteiger charge is -2.23. The Kier molecular flexibility index (Phi) is 6.51. The number of benzene rings is 1. The Labute approximate surface area is 163 Å². The van der Waals surface area contributed by atoms with Crippen LogP contribution < -0.4 is 10.6 Å². The van der Waals surface area contributed by atoms with E-state index in [1.807, 2.05) is 23.7 Å². The van der Waals surface area contributed by atoms with Crippen LogP contribution in [0.3, 0.4) is 0 Å². The van der Waals surface area contributed by atoms with Gasteiger partial charge in [0.2, 0.25) is 0 Å². The average molecular weight is 396 g/mol. The summed E-state index contributed by atoms with van der Waals surface area (Å²) in [6.07, 6.45) is 3.58. The summed E-state index contributed by atoms with van der Waals surface area (Å²) in [5.74, 6) is -0.176. The summed E-state index contributed by atoms with van der Waals surface area (Å²) in [6.45, 7) is 4.40. The normalized spacial score (nSPS) is 15.2. The van der Waals surface area contributed by atoms with Gasteiger partial charge in [0.25, 0.3) is 5.91 Å². The van der Waals surface area contributed by atoms with Crippen molar-refractivity contribution in [3.05, 3.63) is 45.2 Å². The minimum Gasteiger partial charge on any atom is -0.351 e. The standard InChI is InChI=1S/C18H23Cl2N5O/c1-12-17(23-24-25(12)15-6-9-21-10-7-15)18(26)22-8-2-3-13-4-5-14(19)11-16(13)20/h4-5,11,15,21H,2-3,6-10H2,1H3,(H,22,26). The van der Waals surface area contributed by atoms with Crippen LogP contribution in [-0.4, -0.2) is 40.5 Å². The molecule has 1 saturated heterocycles. The Balaban J connectivity index is 1.51. The number of halogens is 2. The Hall–Kier alpha value is -1.63. The SMILES string of the molecule is Cc1c(C(=O)NCCCc2ccc(Cl)cc2Cl)nnn1C1CCNCC1. The predicted octanol–water partition coefficient (Wildman–Crippen LogP) is 3.18. The molecule has 140 valence electrons. The summed E-state index contributed by atoms with van der Waals surface area (Å²) in [5, 5.41) is 15.8. The summed E-state index contributed by atoms with van der Waals surface area (Å²) in [6, 6.07) is 5.79. The van der Waals surface area contributed by atoms with Crippen LogP contribution in [0.4, 0.5) is 0 Å². The molecule has 0 saturated carbocycles. The molecule has 0 bridgehead atoms. The van der Waals surface area contributed by atoms with E-state index in [0.717, 1.165) is 50.0 Å². The highest BCUT2D eigenvalue weighted by Crippen LogP contribution is 2.22. The molecule has 1 aliphatic heterocycles. The molecule has 2 aromatic rings. The van der Waals surface area contributed by atoms with Gasteiger partial charge in [-0.15, -0.1) is 5.10 Å². The van der Waals surface area contributed by atoms with Crippen molar-refractivity contribution in [1.82, 2.24) is 25.6 Å². The zero-order valence-corrected chi connectivity index (χ0v) is 16.3. The Bertz CT molecular complexity index is 771. The molecule has 0 spiro atoms. The molecular formula is C18H23Cl2N5O. The molecule has 3 rings (SSSR count). The van der Waals surface area contributed by atoms with Gasteiger partial charge in [-0.1, -0.05) is 34.5 Å². The molecule has 6 nitrogen and oxygen atoms in total. The van der Waals surface area contributed by atoms with Crippen molar-refractivity contribution in [1.29, 1.82) is 0 Å². The third kappa shape index (κ3) is 4.55. The van der Waals surface area contributed by atoms with Crippen LogP contribution in [0.1, 0.15) is 47.1 Å². The van der Waals surface area contributed by atoms with Crippen LogP contribution in [0, 0.1) is 6.92 Å². The van der Waals surface area contributed by atoms with E-state index < -0.39 is 0 Å². The van der Waals surface area contributed by atoms with Crippen molar-refractivity contribution < 1.29 is 4.79 Å². The second-order valence-corrected chi connectivity index (χ2v) is 7.39. The first-order chi connectivity index (χ1) is 12.6. The number of carbonyl (C=O) groups is 1. The number of amides is 1. The molecule has 1 aliphatic rings. The number of piperidine rings is 1. The molecule has 0 atom stereocenters. The van der Waals surface area contributed by atoms with E-state index in [1.165, 1.54) is 0 Å². The fraction of sp³-hybridized carbons (Fsp3) is 0.500. The molecule has 1 amide bonds. The van der Waals surface area contributed by atoms with E-state index in [2.05, 4.69) is 20.9 Å². The number of nitrogens with zero attached hydrogens (tertiary/aromatic N) is 3. The molecule has 1 aromatic carbocycles. The fourth-order valence-electron chi connectivity index (χ4n) is 3.24. The van der Waals surface area contributed by atoms with Crippen LogP contribution in [0.25, 0.3) is 0 Å². The van der Waals surface area contributed by atoms with Gasteiger partial charge in [0.05, 0.1) is 11.7 Å². The summed E-state index contributed by atoms with van der Waals surface area (Å²) in [5.41, 5.74) is 2.27. The van der Waals surface area contributed by atoms with Crippen molar-refractivity contribution in [3.63, 3.8) is 0 Å². The van der Waals surface area contributed by atoms with Gasteiger partial charge in [-0.05, 0) is 63.4 Å². The number of aryl methyl sites for hydroxylation is 1. The van der Waals surface area contributed by atoms with Gasteiger partial charge in [0.1, 0.15) is 0 Å². The maximum Gasteiger partial charge on any atom is 0.273 e. The van der Waals surface area contributed by atoms with Crippen LogP contribution in [0.2, 0.25) is 10.0 Å². The van der Waals surface area contributed by atoms with Gasteiger partial charge in [-0.2, -0.15) is 0 Å². The van der Waals surface area contributed by atoms with Gasteiger partial charge in [-0.3, -0.25) is 4.79 Å².